The number of carbonyl (C=O) groups excluding carboxylic acids is 2. The first kappa shape index (κ1) is 10.6. The lowest BCUT2D eigenvalue weighted by atomic mass is 10.0. The summed E-state index contributed by atoms with van der Waals surface area (Å²) >= 11 is 0. The number of hydrogen-bond donors (Lipinski definition) is 1. The van der Waals surface area contributed by atoms with E-state index in [-0.39, 0.29) is 29.7 Å². The van der Waals surface area contributed by atoms with E-state index in [1.165, 1.54) is 4.90 Å². The highest BCUT2D eigenvalue weighted by Crippen LogP contribution is 2.46. The Bertz CT molecular complexity index is 281. The molecule has 15 heavy (non-hydrogen) atoms. The average Bonchev–Trinajstić information content (AvgIpc) is 2.92. The molecule has 0 aromatic heterocycles. The Kier molecular flexibility index (Phi) is 2.54. The molecule has 1 heterocycles. The molecule has 1 aliphatic heterocycles. The Morgan fingerprint density at radius 2 is 1.87 bits per heavy atom. The minimum atomic E-state index is 0.0298. The molecule has 0 aromatic carbocycles. The SMILES string of the molecule is CNC(CN1C(=O)C2CC2C1=O)C(C)C. The quantitative estimate of drug-likeness (QED) is 0.676. The fourth-order valence-corrected chi connectivity index (χ4v) is 2.26. The van der Waals surface area contributed by atoms with Crippen LogP contribution in [0.2, 0.25) is 0 Å². The maximum atomic E-state index is 11.7. The fourth-order valence-electron chi connectivity index (χ4n) is 2.26. The number of likely N-dealkylation sites (N-methyl/N-ethyl adjacent to an activating group) is 1. The normalized spacial score (nSPS) is 31.1. The van der Waals surface area contributed by atoms with E-state index in [2.05, 4.69) is 19.2 Å². The highest BCUT2D eigenvalue weighted by molar-refractivity contribution is 6.08. The smallest absolute Gasteiger partial charge is 0.233 e. The third kappa shape index (κ3) is 1.67. The maximum Gasteiger partial charge on any atom is 0.233 e. The van der Waals surface area contributed by atoms with Crippen molar-refractivity contribution in [2.75, 3.05) is 13.6 Å². The summed E-state index contributed by atoms with van der Waals surface area (Å²) < 4.78 is 0. The average molecular weight is 210 g/mol. The Morgan fingerprint density at radius 3 is 2.27 bits per heavy atom. The molecule has 0 spiro atoms. The van der Waals surface area contributed by atoms with Gasteiger partial charge in [0, 0.05) is 12.6 Å². The number of fused-ring (bicyclic) bond motifs is 1. The Hall–Kier alpha value is -0.900. The zero-order valence-electron chi connectivity index (χ0n) is 9.49. The first-order chi connectivity index (χ1) is 7.06. The number of nitrogens with zero attached hydrogens (tertiary/aromatic N) is 1. The molecule has 2 rings (SSSR count). The van der Waals surface area contributed by atoms with Crippen LogP contribution in [-0.4, -0.2) is 36.3 Å². The molecule has 0 aromatic rings. The third-order valence-electron chi connectivity index (χ3n) is 3.51. The minimum absolute atomic E-state index is 0.0298. The van der Waals surface area contributed by atoms with Gasteiger partial charge in [-0.1, -0.05) is 13.8 Å². The van der Waals surface area contributed by atoms with Crippen LogP contribution >= 0.6 is 0 Å². The molecule has 0 radical (unpaired) electrons. The van der Waals surface area contributed by atoms with Gasteiger partial charge in [0.25, 0.3) is 0 Å². The van der Waals surface area contributed by atoms with Crippen molar-refractivity contribution < 1.29 is 9.59 Å². The lowest BCUT2D eigenvalue weighted by Gasteiger charge is -2.26. The van der Waals surface area contributed by atoms with Crippen LogP contribution in [0.4, 0.5) is 0 Å². The van der Waals surface area contributed by atoms with E-state index in [1.54, 1.807) is 0 Å². The molecule has 1 saturated heterocycles. The van der Waals surface area contributed by atoms with Gasteiger partial charge in [0.15, 0.2) is 0 Å². The molecule has 0 bridgehead atoms. The van der Waals surface area contributed by atoms with Gasteiger partial charge in [-0.05, 0) is 19.4 Å². The molecule has 2 amide bonds. The third-order valence-corrected chi connectivity index (χ3v) is 3.51. The van der Waals surface area contributed by atoms with Crippen molar-refractivity contribution in [1.29, 1.82) is 0 Å². The van der Waals surface area contributed by atoms with Crippen LogP contribution in [0.3, 0.4) is 0 Å². The van der Waals surface area contributed by atoms with Gasteiger partial charge < -0.3 is 5.32 Å². The van der Waals surface area contributed by atoms with Gasteiger partial charge in [0.05, 0.1) is 11.8 Å². The monoisotopic (exact) mass is 210 g/mol. The van der Waals surface area contributed by atoms with Crippen LogP contribution < -0.4 is 5.32 Å². The van der Waals surface area contributed by atoms with Crippen LogP contribution in [-0.2, 0) is 9.59 Å². The first-order valence-corrected chi connectivity index (χ1v) is 5.58. The molecule has 1 aliphatic carbocycles. The zero-order valence-corrected chi connectivity index (χ0v) is 9.49. The van der Waals surface area contributed by atoms with Crippen molar-refractivity contribution in [2.24, 2.45) is 17.8 Å². The first-order valence-electron chi connectivity index (χ1n) is 5.58. The summed E-state index contributed by atoms with van der Waals surface area (Å²) in [5.41, 5.74) is 0. The number of hydrogen-bond acceptors (Lipinski definition) is 3. The molecule has 2 fully saturated rings. The summed E-state index contributed by atoms with van der Waals surface area (Å²) in [7, 11) is 1.87. The number of amides is 2. The minimum Gasteiger partial charge on any atom is -0.315 e. The van der Waals surface area contributed by atoms with Crippen LogP contribution in [0.25, 0.3) is 0 Å². The van der Waals surface area contributed by atoms with Crippen molar-refractivity contribution in [3.63, 3.8) is 0 Å². The van der Waals surface area contributed by atoms with Crippen molar-refractivity contribution >= 4 is 11.8 Å². The van der Waals surface area contributed by atoms with Crippen molar-refractivity contribution in [1.82, 2.24) is 10.2 Å². The number of rotatable bonds is 4. The molecule has 1 N–H and O–H groups in total. The van der Waals surface area contributed by atoms with Gasteiger partial charge in [0.1, 0.15) is 0 Å². The predicted octanol–water partition coefficient (Wildman–Crippen LogP) is 0.235. The standard InChI is InChI=1S/C11H18N2O2/c1-6(2)9(12-3)5-13-10(14)7-4-8(7)11(13)15/h6-9,12H,4-5H2,1-3H3. The maximum absolute atomic E-state index is 11.7. The van der Waals surface area contributed by atoms with E-state index in [9.17, 15) is 9.59 Å². The van der Waals surface area contributed by atoms with Crippen molar-refractivity contribution in [3.8, 4) is 0 Å². The highest BCUT2D eigenvalue weighted by Gasteiger charge is 2.58. The van der Waals surface area contributed by atoms with E-state index >= 15 is 0 Å². The van der Waals surface area contributed by atoms with E-state index in [0.29, 0.717) is 12.5 Å². The molecular weight excluding hydrogens is 192 g/mol. The summed E-state index contributed by atoms with van der Waals surface area (Å²) in [6, 6.07) is 0.204. The Morgan fingerprint density at radius 1 is 1.33 bits per heavy atom. The number of piperidine rings is 1. The van der Waals surface area contributed by atoms with Gasteiger partial charge >= 0.3 is 0 Å². The fraction of sp³-hybridized carbons (Fsp3) is 0.818. The molecule has 4 nitrogen and oxygen atoms in total. The number of imide groups is 1. The van der Waals surface area contributed by atoms with E-state index in [0.717, 1.165) is 6.42 Å². The summed E-state index contributed by atoms with van der Waals surface area (Å²) in [5.74, 6) is 0.577. The van der Waals surface area contributed by atoms with Gasteiger partial charge in [-0.3, -0.25) is 14.5 Å². The Labute approximate surface area is 90.0 Å². The van der Waals surface area contributed by atoms with E-state index < -0.39 is 0 Å². The summed E-state index contributed by atoms with van der Waals surface area (Å²) in [6.07, 6.45) is 0.792. The lowest BCUT2D eigenvalue weighted by molar-refractivity contribution is -0.141. The second-order valence-electron chi connectivity index (χ2n) is 4.87. The van der Waals surface area contributed by atoms with Gasteiger partial charge in [-0.25, -0.2) is 0 Å². The molecule has 1 saturated carbocycles. The van der Waals surface area contributed by atoms with Crippen molar-refractivity contribution in [3.05, 3.63) is 0 Å². The summed E-state index contributed by atoms with van der Waals surface area (Å²) in [6.45, 7) is 4.71. The van der Waals surface area contributed by atoms with Crippen LogP contribution in [0.5, 0.6) is 0 Å². The summed E-state index contributed by atoms with van der Waals surface area (Å²) in [4.78, 5) is 24.9. The number of likely N-dealkylation sites (tertiary alicyclic amines) is 1. The molecule has 2 aliphatic rings. The second-order valence-corrected chi connectivity index (χ2v) is 4.87. The zero-order chi connectivity index (χ0) is 11.2. The highest BCUT2D eigenvalue weighted by atomic mass is 16.2. The van der Waals surface area contributed by atoms with Gasteiger partial charge in [0.2, 0.25) is 11.8 Å². The molecule has 3 unspecified atom stereocenters. The second kappa shape index (κ2) is 3.59. The van der Waals surface area contributed by atoms with Crippen LogP contribution in [0, 0.1) is 17.8 Å². The molecule has 3 atom stereocenters. The van der Waals surface area contributed by atoms with E-state index in [1.807, 2.05) is 7.05 Å². The van der Waals surface area contributed by atoms with Crippen LogP contribution in [0.1, 0.15) is 20.3 Å². The largest absolute Gasteiger partial charge is 0.315 e. The molecule has 84 valence electrons. The lowest BCUT2D eigenvalue weighted by Crippen LogP contribution is -2.46. The molecule has 4 heteroatoms. The van der Waals surface area contributed by atoms with Crippen molar-refractivity contribution in [2.45, 2.75) is 26.3 Å². The van der Waals surface area contributed by atoms with Crippen LogP contribution in [0.15, 0.2) is 0 Å². The van der Waals surface area contributed by atoms with Gasteiger partial charge in [-0.2, -0.15) is 0 Å². The summed E-state index contributed by atoms with van der Waals surface area (Å²) in [5, 5.41) is 3.15. The molecular formula is C11H18N2O2. The van der Waals surface area contributed by atoms with Gasteiger partial charge in [-0.15, -0.1) is 0 Å². The Balaban J connectivity index is 2.00. The predicted molar refractivity (Wildman–Crippen MR) is 56.0 cm³/mol. The topological polar surface area (TPSA) is 49.4 Å². The number of nitrogens with one attached hydrogen (secondary N) is 1. The number of carbonyl (C=O) groups is 2. The van der Waals surface area contributed by atoms with E-state index in [4.69, 9.17) is 0 Å².